The molecule has 130 valence electrons. The van der Waals surface area contributed by atoms with Gasteiger partial charge in [0.25, 0.3) is 0 Å². The van der Waals surface area contributed by atoms with E-state index in [0.29, 0.717) is 0 Å². The second kappa shape index (κ2) is 6.54. The molecule has 5 nitrogen and oxygen atoms in total. The van der Waals surface area contributed by atoms with Crippen molar-refractivity contribution in [3.8, 4) is 0 Å². The first-order chi connectivity index (χ1) is 11.9. The normalized spacial score (nSPS) is 11.7. The first-order valence-corrected chi connectivity index (χ1v) is 7.52. The van der Waals surface area contributed by atoms with Crippen molar-refractivity contribution in [3.05, 3.63) is 59.7 Å². The molecular weight excluding hydrogens is 335 g/mol. The van der Waals surface area contributed by atoms with Gasteiger partial charge in [-0.2, -0.15) is 13.2 Å². The van der Waals surface area contributed by atoms with Gasteiger partial charge in [0, 0.05) is 30.5 Å². The Morgan fingerprint density at radius 1 is 1.24 bits per heavy atom. The Labute approximate surface area is 141 Å². The lowest BCUT2D eigenvalue weighted by Gasteiger charge is -2.10. The lowest BCUT2D eigenvalue weighted by molar-refractivity contribution is -0.137. The fraction of sp³-hybridized carbons (Fsp3) is 0.235. The summed E-state index contributed by atoms with van der Waals surface area (Å²) in [6.45, 7) is 2.09. The third-order valence-electron chi connectivity index (χ3n) is 3.64. The monoisotopic (exact) mass is 349 g/mol. The summed E-state index contributed by atoms with van der Waals surface area (Å²) >= 11 is 0. The van der Waals surface area contributed by atoms with Crippen LogP contribution >= 0.6 is 0 Å². The summed E-state index contributed by atoms with van der Waals surface area (Å²) in [6.07, 6.45) is -0.542. The van der Waals surface area contributed by atoms with Crippen LogP contribution in [0.15, 0.2) is 42.9 Å². The molecule has 0 N–H and O–H groups in total. The summed E-state index contributed by atoms with van der Waals surface area (Å²) in [5.41, 5.74) is 0.407. The zero-order valence-corrected chi connectivity index (χ0v) is 13.2. The molecule has 0 bridgehead atoms. The fourth-order valence-electron chi connectivity index (χ4n) is 2.51. The zero-order chi connectivity index (χ0) is 18.0. The Balaban J connectivity index is 2.13. The number of aromatic nitrogens is 3. The number of esters is 1. The number of nitrogens with zero attached hydrogens (tertiary/aromatic N) is 3. The summed E-state index contributed by atoms with van der Waals surface area (Å²) < 4.78 is 45.3. The highest BCUT2D eigenvalue weighted by Gasteiger charge is 2.32. The zero-order valence-electron chi connectivity index (χ0n) is 13.2. The highest BCUT2D eigenvalue weighted by Crippen LogP contribution is 2.31. The van der Waals surface area contributed by atoms with Crippen LogP contribution in [0.5, 0.6) is 0 Å². The minimum atomic E-state index is -4.50. The first kappa shape index (κ1) is 16.9. The number of hydrogen-bond acceptors (Lipinski definition) is 4. The lowest BCUT2D eigenvalue weighted by Crippen LogP contribution is -2.13. The third-order valence-corrected chi connectivity index (χ3v) is 3.64. The molecule has 0 radical (unpaired) electrons. The standard InChI is InChI=1S/C17H14F3N3O2/c1-2-25-16(24)14-8-12-7-13(17(18,19)20)9-22-15(12)23(14)10-11-3-5-21-6-4-11/h3-9H,2,10H2,1H3. The van der Waals surface area contributed by atoms with Crippen LogP contribution in [0.3, 0.4) is 0 Å². The number of ether oxygens (including phenoxy) is 1. The number of pyridine rings is 2. The molecule has 0 aliphatic carbocycles. The largest absolute Gasteiger partial charge is 0.461 e. The minimum absolute atomic E-state index is 0.153. The van der Waals surface area contributed by atoms with E-state index < -0.39 is 17.7 Å². The molecule has 3 heterocycles. The molecule has 8 heteroatoms. The maximum absolute atomic E-state index is 12.9. The Morgan fingerprint density at radius 2 is 1.96 bits per heavy atom. The molecule has 0 saturated carbocycles. The van der Waals surface area contributed by atoms with E-state index in [2.05, 4.69) is 9.97 Å². The number of fused-ring (bicyclic) bond motifs is 1. The lowest BCUT2D eigenvalue weighted by atomic mass is 10.2. The van der Waals surface area contributed by atoms with E-state index in [9.17, 15) is 18.0 Å². The van der Waals surface area contributed by atoms with Gasteiger partial charge in [-0.05, 0) is 36.8 Å². The van der Waals surface area contributed by atoms with Gasteiger partial charge >= 0.3 is 12.1 Å². The van der Waals surface area contributed by atoms with Crippen LogP contribution < -0.4 is 0 Å². The second-order valence-corrected chi connectivity index (χ2v) is 5.33. The van der Waals surface area contributed by atoms with Gasteiger partial charge in [-0.15, -0.1) is 0 Å². The third kappa shape index (κ3) is 3.47. The van der Waals surface area contributed by atoms with E-state index in [1.807, 2.05) is 0 Å². The molecule has 0 fully saturated rings. The molecule has 3 aromatic rings. The van der Waals surface area contributed by atoms with Crippen molar-refractivity contribution in [1.29, 1.82) is 0 Å². The SMILES string of the molecule is CCOC(=O)c1cc2cc(C(F)(F)F)cnc2n1Cc1ccncc1. The van der Waals surface area contributed by atoms with Crippen LogP contribution in [-0.2, 0) is 17.5 Å². The topological polar surface area (TPSA) is 57.0 Å². The summed E-state index contributed by atoms with van der Waals surface area (Å²) in [5, 5.41) is 0.229. The van der Waals surface area contributed by atoms with E-state index in [0.717, 1.165) is 17.8 Å². The number of alkyl halides is 3. The second-order valence-electron chi connectivity index (χ2n) is 5.33. The molecule has 0 atom stereocenters. The number of carbonyl (C=O) groups is 1. The molecule has 0 amide bonds. The van der Waals surface area contributed by atoms with Crippen LogP contribution in [0.25, 0.3) is 11.0 Å². The van der Waals surface area contributed by atoms with E-state index in [4.69, 9.17) is 4.74 Å². The van der Waals surface area contributed by atoms with Crippen LogP contribution in [-0.4, -0.2) is 27.1 Å². The Morgan fingerprint density at radius 3 is 2.60 bits per heavy atom. The van der Waals surface area contributed by atoms with Gasteiger partial charge in [0.15, 0.2) is 0 Å². The average Bonchev–Trinajstić information content (AvgIpc) is 2.93. The predicted octanol–water partition coefficient (Wildman–Crippen LogP) is 3.68. The molecule has 0 aromatic carbocycles. The minimum Gasteiger partial charge on any atom is -0.461 e. The van der Waals surface area contributed by atoms with Crippen molar-refractivity contribution in [2.45, 2.75) is 19.6 Å². The van der Waals surface area contributed by atoms with Crippen LogP contribution in [0, 0.1) is 0 Å². The molecule has 0 aliphatic rings. The van der Waals surface area contributed by atoms with E-state index >= 15 is 0 Å². The quantitative estimate of drug-likeness (QED) is 0.675. The molecule has 3 aromatic heterocycles. The Kier molecular flexibility index (Phi) is 4.43. The van der Waals surface area contributed by atoms with Gasteiger partial charge in [-0.25, -0.2) is 9.78 Å². The van der Waals surface area contributed by atoms with Gasteiger partial charge in [0.05, 0.1) is 12.2 Å². The number of carbonyl (C=O) groups excluding carboxylic acids is 1. The highest BCUT2D eigenvalue weighted by molar-refractivity contribution is 5.94. The van der Waals surface area contributed by atoms with Gasteiger partial charge in [0.2, 0.25) is 0 Å². The summed E-state index contributed by atoms with van der Waals surface area (Å²) in [7, 11) is 0. The van der Waals surface area contributed by atoms with Crippen molar-refractivity contribution in [1.82, 2.24) is 14.5 Å². The summed E-state index contributed by atoms with van der Waals surface area (Å²) in [4.78, 5) is 20.0. The smallest absolute Gasteiger partial charge is 0.417 e. The molecule has 3 rings (SSSR count). The molecular formula is C17H14F3N3O2. The molecule has 0 aliphatic heterocycles. The van der Waals surface area contributed by atoms with Crippen LogP contribution in [0.2, 0.25) is 0 Å². The van der Waals surface area contributed by atoms with Crippen LogP contribution in [0.4, 0.5) is 13.2 Å². The van der Waals surface area contributed by atoms with Crippen molar-refractivity contribution < 1.29 is 22.7 Å². The molecule has 0 unspecified atom stereocenters. The first-order valence-electron chi connectivity index (χ1n) is 7.52. The van der Waals surface area contributed by atoms with E-state index in [1.165, 1.54) is 6.07 Å². The molecule has 0 spiro atoms. The number of hydrogen-bond donors (Lipinski definition) is 0. The average molecular weight is 349 g/mol. The Hall–Kier alpha value is -2.90. The van der Waals surface area contributed by atoms with Crippen molar-refractivity contribution >= 4 is 17.0 Å². The maximum Gasteiger partial charge on any atom is 0.417 e. The summed E-state index contributed by atoms with van der Waals surface area (Å²) in [6, 6.07) is 5.86. The Bertz CT molecular complexity index is 905. The molecule has 0 saturated heterocycles. The van der Waals surface area contributed by atoms with Crippen LogP contribution in [0.1, 0.15) is 28.5 Å². The fourth-order valence-corrected chi connectivity index (χ4v) is 2.51. The summed E-state index contributed by atoms with van der Waals surface area (Å²) in [5.74, 6) is -0.608. The number of rotatable bonds is 4. The molecule has 25 heavy (non-hydrogen) atoms. The maximum atomic E-state index is 12.9. The van der Waals surface area contributed by atoms with Gasteiger partial charge in [-0.1, -0.05) is 0 Å². The van der Waals surface area contributed by atoms with E-state index in [1.54, 1.807) is 36.0 Å². The van der Waals surface area contributed by atoms with E-state index in [-0.39, 0.29) is 29.9 Å². The van der Waals surface area contributed by atoms with Gasteiger partial charge in [0.1, 0.15) is 11.3 Å². The van der Waals surface area contributed by atoms with Gasteiger partial charge in [-0.3, -0.25) is 4.98 Å². The van der Waals surface area contributed by atoms with Crippen molar-refractivity contribution in [3.63, 3.8) is 0 Å². The predicted molar refractivity (Wildman–Crippen MR) is 84.0 cm³/mol. The number of halogens is 3. The van der Waals surface area contributed by atoms with Crippen molar-refractivity contribution in [2.75, 3.05) is 6.61 Å². The van der Waals surface area contributed by atoms with Crippen molar-refractivity contribution in [2.24, 2.45) is 0 Å². The van der Waals surface area contributed by atoms with Gasteiger partial charge < -0.3 is 9.30 Å². The highest BCUT2D eigenvalue weighted by atomic mass is 19.4.